The largest absolute Gasteiger partial charge is 0.448 e. The maximum absolute atomic E-state index is 13.9. The highest BCUT2D eigenvalue weighted by Gasteiger charge is 2.33. The molecule has 0 fully saturated rings. The van der Waals surface area contributed by atoms with Gasteiger partial charge in [0.15, 0.2) is 29.0 Å². The Morgan fingerprint density at radius 3 is 2.19 bits per heavy atom. The van der Waals surface area contributed by atoms with Crippen LogP contribution in [0, 0.1) is 28.8 Å². The molecule has 26 heavy (non-hydrogen) atoms. The topological polar surface area (TPSA) is 62.1 Å². The summed E-state index contributed by atoms with van der Waals surface area (Å²) < 4.78 is 83.5. The van der Waals surface area contributed by atoms with Crippen molar-refractivity contribution < 1.29 is 35.9 Å². The molecule has 0 saturated carbocycles. The number of rotatable bonds is 4. The highest BCUT2D eigenvalue weighted by atomic mass is 19.4. The normalized spacial score (nSPS) is 11.0. The van der Waals surface area contributed by atoms with Crippen LogP contribution in [-0.4, -0.2) is 5.91 Å². The van der Waals surface area contributed by atoms with Crippen molar-refractivity contribution in [1.29, 1.82) is 5.26 Å². The van der Waals surface area contributed by atoms with E-state index in [1.54, 1.807) is 6.07 Å². The van der Waals surface area contributed by atoms with Gasteiger partial charge < -0.3 is 10.1 Å². The number of benzene rings is 2. The van der Waals surface area contributed by atoms with E-state index < -0.39 is 53.0 Å². The van der Waals surface area contributed by atoms with Crippen molar-refractivity contribution in [2.45, 2.75) is 12.6 Å². The molecular formula is C16H8F6N2O2. The maximum Gasteiger partial charge on any atom is 0.416 e. The Bertz CT molecular complexity index is 866. The van der Waals surface area contributed by atoms with Crippen LogP contribution < -0.4 is 10.1 Å². The number of hydrogen-bond acceptors (Lipinski definition) is 3. The minimum absolute atomic E-state index is 0.0206. The Hall–Kier alpha value is -3.22. The van der Waals surface area contributed by atoms with Crippen LogP contribution in [0.2, 0.25) is 0 Å². The fraction of sp³-hybridized carbons (Fsp3) is 0.125. The molecule has 0 spiro atoms. The fourth-order valence-electron chi connectivity index (χ4n) is 1.87. The zero-order chi connectivity index (χ0) is 19.5. The van der Waals surface area contributed by atoms with Gasteiger partial charge >= 0.3 is 6.18 Å². The molecule has 136 valence electrons. The van der Waals surface area contributed by atoms with Crippen molar-refractivity contribution in [2.75, 3.05) is 5.32 Å². The SMILES string of the molecule is N#CCC(=O)Nc1ccc(Oc2c(F)cc(C(F)(F)F)cc2F)c(F)c1. The molecule has 2 rings (SSSR count). The third-order valence-corrected chi connectivity index (χ3v) is 2.99. The van der Waals surface area contributed by atoms with Gasteiger partial charge in [0, 0.05) is 11.8 Å². The number of alkyl halides is 3. The molecule has 0 saturated heterocycles. The molecule has 10 heteroatoms. The van der Waals surface area contributed by atoms with Crippen LogP contribution in [0.25, 0.3) is 0 Å². The summed E-state index contributed by atoms with van der Waals surface area (Å²) in [7, 11) is 0. The first-order valence-corrected chi connectivity index (χ1v) is 6.82. The predicted octanol–water partition coefficient (Wildman–Crippen LogP) is 4.77. The van der Waals surface area contributed by atoms with Crippen LogP contribution in [0.5, 0.6) is 11.5 Å². The number of amides is 1. The van der Waals surface area contributed by atoms with Crippen molar-refractivity contribution >= 4 is 11.6 Å². The summed E-state index contributed by atoms with van der Waals surface area (Å²) in [4.78, 5) is 11.2. The van der Waals surface area contributed by atoms with E-state index in [-0.39, 0.29) is 17.8 Å². The van der Waals surface area contributed by atoms with E-state index in [0.29, 0.717) is 0 Å². The first-order chi connectivity index (χ1) is 12.1. The van der Waals surface area contributed by atoms with Crippen LogP contribution in [-0.2, 0) is 11.0 Å². The van der Waals surface area contributed by atoms with Crippen LogP contribution in [0.3, 0.4) is 0 Å². The average molecular weight is 374 g/mol. The van der Waals surface area contributed by atoms with E-state index in [1.807, 2.05) is 0 Å². The lowest BCUT2D eigenvalue weighted by atomic mass is 10.2. The lowest BCUT2D eigenvalue weighted by molar-refractivity contribution is -0.138. The van der Waals surface area contributed by atoms with Crippen molar-refractivity contribution in [3.05, 3.63) is 53.3 Å². The van der Waals surface area contributed by atoms with Crippen molar-refractivity contribution in [3.63, 3.8) is 0 Å². The van der Waals surface area contributed by atoms with Gasteiger partial charge in [-0.05, 0) is 24.3 Å². The summed E-state index contributed by atoms with van der Waals surface area (Å²) in [5.41, 5.74) is -1.61. The number of anilines is 1. The molecule has 1 N–H and O–H groups in total. The van der Waals surface area contributed by atoms with Crippen LogP contribution in [0.1, 0.15) is 12.0 Å². The molecule has 1 amide bonds. The Kier molecular flexibility index (Phi) is 5.40. The second-order valence-corrected chi connectivity index (χ2v) is 4.90. The molecule has 0 bridgehead atoms. The van der Waals surface area contributed by atoms with Gasteiger partial charge in [0.1, 0.15) is 6.42 Å². The van der Waals surface area contributed by atoms with Gasteiger partial charge in [0.2, 0.25) is 5.91 Å². The van der Waals surface area contributed by atoms with Gasteiger partial charge in [0.25, 0.3) is 0 Å². The molecule has 4 nitrogen and oxygen atoms in total. The summed E-state index contributed by atoms with van der Waals surface area (Å²) in [6.45, 7) is 0. The quantitative estimate of drug-likeness (QED) is 0.785. The summed E-state index contributed by atoms with van der Waals surface area (Å²) in [5, 5.41) is 10.5. The Labute approximate surface area is 142 Å². The average Bonchev–Trinajstić information content (AvgIpc) is 2.51. The molecular weight excluding hydrogens is 366 g/mol. The van der Waals surface area contributed by atoms with E-state index >= 15 is 0 Å². The maximum atomic E-state index is 13.9. The van der Waals surface area contributed by atoms with Gasteiger partial charge in [-0.1, -0.05) is 0 Å². The van der Waals surface area contributed by atoms with E-state index in [1.165, 1.54) is 0 Å². The zero-order valence-corrected chi connectivity index (χ0v) is 12.6. The Morgan fingerprint density at radius 2 is 1.69 bits per heavy atom. The number of nitriles is 1. The lowest BCUT2D eigenvalue weighted by Gasteiger charge is -2.12. The minimum Gasteiger partial charge on any atom is -0.448 e. The molecule has 0 aliphatic heterocycles. The highest BCUT2D eigenvalue weighted by Crippen LogP contribution is 2.36. The number of hydrogen-bond donors (Lipinski definition) is 1. The summed E-state index contributed by atoms with van der Waals surface area (Å²) in [6.07, 6.45) is -5.43. The van der Waals surface area contributed by atoms with Gasteiger partial charge in [-0.2, -0.15) is 18.4 Å². The second-order valence-electron chi connectivity index (χ2n) is 4.90. The van der Waals surface area contributed by atoms with E-state index in [4.69, 9.17) is 5.26 Å². The van der Waals surface area contributed by atoms with Crippen molar-refractivity contribution in [3.8, 4) is 17.6 Å². The van der Waals surface area contributed by atoms with Crippen LogP contribution in [0.4, 0.5) is 32.0 Å². The van der Waals surface area contributed by atoms with Crippen molar-refractivity contribution in [1.82, 2.24) is 0 Å². The number of halogens is 6. The van der Waals surface area contributed by atoms with E-state index in [2.05, 4.69) is 10.1 Å². The van der Waals surface area contributed by atoms with Crippen molar-refractivity contribution in [2.24, 2.45) is 0 Å². The molecule has 0 aliphatic rings. The Morgan fingerprint density at radius 1 is 1.08 bits per heavy atom. The molecule has 2 aromatic rings. The standard InChI is InChI=1S/C16H8F6N2O2/c17-10-7-9(24-14(25)3-4-23)1-2-13(10)26-15-11(18)5-8(6-12(15)19)16(20,21)22/h1-2,5-7H,3H2,(H,24,25). The minimum atomic E-state index is -4.96. The van der Waals surface area contributed by atoms with Gasteiger partial charge in [-0.3, -0.25) is 4.79 Å². The van der Waals surface area contributed by atoms with Gasteiger partial charge in [-0.15, -0.1) is 0 Å². The summed E-state index contributed by atoms with van der Waals surface area (Å²) >= 11 is 0. The van der Waals surface area contributed by atoms with Crippen LogP contribution in [0.15, 0.2) is 30.3 Å². The van der Waals surface area contributed by atoms with E-state index in [0.717, 1.165) is 18.2 Å². The highest BCUT2D eigenvalue weighted by molar-refractivity contribution is 5.92. The number of nitrogens with one attached hydrogen (secondary N) is 1. The Balaban J connectivity index is 2.26. The van der Waals surface area contributed by atoms with Gasteiger partial charge in [0.05, 0.1) is 11.6 Å². The third kappa shape index (κ3) is 4.44. The lowest BCUT2D eigenvalue weighted by Crippen LogP contribution is -2.10. The molecule has 0 aliphatic carbocycles. The molecule has 0 atom stereocenters. The first kappa shape index (κ1) is 19.1. The first-order valence-electron chi connectivity index (χ1n) is 6.82. The summed E-state index contributed by atoms with van der Waals surface area (Å²) in [5.74, 6) is -7.07. The molecule has 0 aromatic heterocycles. The predicted molar refractivity (Wildman–Crippen MR) is 76.7 cm³/mol. The number of ether oxygens (including phenoxy) is 1. The molecule has 0 radical (unpaired) electrons. The number of carbonyl (C=O) groups is 1. The number of nitrogens with zero attached hydrogens (tertiary/aromatic N) is 1. The second kappa shape index (κ2) is 7.35. The smallest absolute Gasteiger partial charge is 0.416 e. The molecule has 0 heterocycles. The monoisotopic (exact) mass is 374 g/mol. The fourth-order valence-corrected chi connectivity index (χ4v) is 1.87. The van der Waals surface area contributed by atoms with Crippen LogP contribution >= 0.6 is 0 Å². The van der Waals surface area contributed by atoms with E-state index in [9.17, 15) is 31.1 Å². The number of carbonyl (C=O) groups excluding carboxylic acids is 1. The molecule has 0 unspecified atom stereocenters. The van der Waals surface area contributed by atoms with Gasteiger partial charge in [-0.25, -0.2) is 13.2 Å². The zero-order valence-electron chi connectivity index (χ0n) is 12.6. The third-order valence-electron chi connectivity index (χ3n) is 2.99. The molecule has 2 aromatic carbocycles. The summed E-state index contributed by atoms with van der Waals surface area (Å²) in [6, 6.07) is 4.40.